The Morgan fingerprint density at radius 1 is 1.03 bits per heavy atom. The Bertz CT molecular complexity index is 1010. The summed E-state index contributed by atoms with van der Waals surface area (Å²) in [4.78, 5) is 28.1. The van der Waals surface area contributed by atoms with Crippen LogP contribution in [0.3, 0.4) is 0 Å². The number of hydrogen-bond acceptors (Lipinski definition) is 4. The zero-order valence-corrected chi connectivity index (χ0v) is 17.3. The van der Waals surface area contributed by atoms with Crippen molar-refractivity contribution in [2.24, 2.45) is 0 Å². The standard InChI is InChI=1S/C21H22ClN5O2/c1-4-26(13-15-9-11-16(12-10-15)20(28)25(2)3)21(29)18-14-27(24-23-18)19-8-6-5-7-17(19)22/h5-12,14H,4,13H2,1-3H3. The lowest BCUT2D eigenvalue weighted by Crippen LogP contribution is -2.30. The quantitative estimate of drug-likeness (QED) is 0.624. The largest absolute Gasteiger partial charge is 0.345 e. The van der Waals surface area contributed by atoms with E-state index in [9.17, 15) is 9.59 Å². The molecule has 0 atom stereocenters. The van der Waals surface area contributed by atoms with Gasteiger partial charge in [-0.25, -0.2) is 4.68 Å². The SMILES string of the molecule is CCN(Cc1ccc(C(=O)N(C)C)cc1)C(=O)c1cn(-c2ccccc2Cl)nn1. The molecular weight excluding hydrogens is 390 g/mol. The minimum absolute atomic E-state index is 0.0591. The summed E-state index contributed by atoms with van der Waals surface area (Å²) in [6, 6.07) is 14.5. The smallest absolute Gasteiger partial charge is 0.276 e. The molecule has 8 heteroatoms. The topological polar surface area (TPSA) is 71.3 Å². The Kier molecular flexibility index (Phi) is 6.29. The number of nitrogens with zero attached hydrogens (tertiary/aromatic N) is 5. The highest BCUT2D eigenvalue weighted by atomic mass is 35.5. The van der Waals surface area contributed by atoms with Crippen molar-refractivity contribution >= 4 is 23.4 Å². The fourth-order valence-corrected chi connectivity index (χ4v) is 3.06. The molecule has 2 amide bonds. The number of carbonyl (C=O) groups is 2. The van der Waals surface area contributed by atoms with Crippen molar-refractivity contribution in [3.05, 3.63) is 76.6 Å². The molecule has 0 aliphatic rings. The van der Waals surface area contributed by atoms with Crippen molar-refractivity contribution < 1.29 is 9.59 Å². The lowest BCUT2D eigenvalue weighted by atomic mass is 10.1. The molecule has 0 saturated heterocycles. The summed E-state index contributed by atoms with van der Waals surface area (Å²) in [5, 5.41) is 8.57. The molecule has 29 heavy (non-hydrogen) atoms. The molecule has 7 nitrogen and oxygen atoms in total. The first kappa shape index (κ1) is 20.5. The molecule has 3 rings (SSSR count). The van der Waals surface area contributed by atoms with Gasteiger partial charge in [0.2, 0.25) is 0 Å². The highest BCUT2D eigenvalue weighted by Gasteiger charge is 2.19. The van der Waals surface area contributed by atoms with Gasteiger partial charge in [-0.3, -0.25) is 9.59 Å². The summed E-state index contributed by atoms with van der Waals surface area (Å²) in [7, 11) is 3.42. The van der Waals surface area contributed by atoms with Crippen molar-refractivity contribution in [2.45, 2.75) is 13.5 Å². The number of hydrogen-bond donors (Lipinski definition) is 0. The number of benzene rings is 2. The third-order valence-electron chi connectivity index (χ3n) is 4.46. The number of rotatable bonds is 6. The van der Waals surface area contributed by atoms with E-state index in [1.807, 2.05) is 31.2 Å². The second-order valence-corrected chi connectivity index (χ2v) is 7.12. The highest BCUT2D eigenvalue weighted by molar-refractivity contribution is 6.32. The average molecular weight is 412 g/mol. The fraction of sp³-hybridized carbons (Fsp3) is 0.238. The number of carbonyl (C=O) groups excluding carboxylic acids is 2. The van der Waals surface area contributed by atoms with E-state index in [2.05, 4.69) is 10.3 Å². The lowest BCUT2D eigenvalue weighted by Gasteiger charge is -2.20. The number of para-hydroxylation sites is 1. The molecule has 0 unspecified atom stereocenters. The minimum Gasteiger partial charge on any atom is -0.345 e. The van der Waals surface area contributed by atoms with Gasteiger partial charge in [-0.15, -0.1) is 5.10 Å². The first-order valence-electron chi connectivity index (χ1n) is 9.17. The van der Waals surface area contributed by atoms with Crippen LogP contribution in [0.4, 0.5) is 0 Å². The molecule has 0 radical (unpaired) electrons. The van der Waals surface area contributed by atoms with Crippen molar-refractivity contribution in [1.29, 1.82) is 0 Å². The molecule has 3 aromatic rings. The molecule has 0 bridgehead atoms. The molecule has 1 aromatic heterocycles. The van der Waals surface area contributed by atoms with Crippen LogP contribution in [0.1, 0.15) is 33.3 Å². The Morgan fingerprint density at radius 2 is 1.72 bits per heavy atom. The monoisotopic (exact) mass is 411 g/mol. The molecule has 0 aliphatic carbocycles. The molecule has 0 fully saturated rings. The summed E-state index contributed by atoms with van der Waals surface area (Å²) in [5.41, 5.74) is 2.43. The van der Waals surface area contributed by atoms with Gasteiger partial charge < -0.3 is 9.80 Å². The summed E-state index contributed by atoms with van der Waals surface area (Å²) in [5.74, 6) is -0.282. The third-order valence-corrected chi connectivity index (χ3v) is 4.78. The summed E-state index contributed by atoms with van der Waals surface area (Å²) < 4.78 is 1.49. The van der Waals surface area contributed by atoms with Crippen molar-refractivity contribution in [3.63, 3.8) is 0 Å². The Labute approximate surface area is 174 Å². The molecule has 0 N–H and O–H groups in total. The average Bonchev–Trinajstić information content (AvgIpc) is 3.21. The summed E-state index contributed by atoms with van der Waals surface area (Å²) in [6.45, 7) is 2.82. The fourth-order valence-electron chi connectivity index (χ4n) is 2.84. The van der Waals surface area contributed by atoms with E-state index in [4.69, 9.17) is 11.6 Å². The van der Waals surface area contributed by atoms with E-state index in [0.717, 1.165) is 5.56 Å². The highest BCUT2D eigenvalue weighted by Crippen LogP contribution is 2.19. The first-order valence-corrected chi connectivity index (χ1v) is 9.55. The van der Waals surface area contributed by atoms with E-state index >= 15 is 0 Å². The van der Waals surface area contributed by atoms with Crippen molar-refractivity contribution in [2.75, 3.05) is 20.6 Å². The minimum atomic E-state index is -0.223. The van der Waals surface area contributed by atoms with Crippen LogP contribution in [0, 0.1) is 0 Å². The van der Waals surface area contributed by atoms with Gasteiger partial charge in [-0.2, -0.15) is 0 Å². The van der Waals surface area contributed by atoms with Crippen LogP contribution in [-0.4, -0.2) is 57.2 Å². The zero-order chi connectivity index (χ0) is 21.0. The van der Waals surface area contributed by atoms with E-state index in [1.54, 1.807) is 49.5 Å². The predicted octanol–water partition coefficient (Wildman–Crippen LogP) is 3.28. The molecule has 2 aromatic carbocycles. The second kappa shape index (κ2) is 8.87. The van der Waals surface area contributed by atoms with E-state index < -0.39 is 0 Å². The van der Waals surface area contributed by atoms with Gasteiger partial charge in [-0.05, 0) is 36.8 Å². The van der Waals surface area contributed by atoms with Crippen LogP contribution in [-0.2, 0) is 6.54 Å². The molecular formula is C21H22ClN5O2. The predicted molar refractivity (Wildman–Crippen MR) is 111 cm³/mol. The maximum absolute atomic E-state index is 12.9. The summed E-state index contributed by atoms with van der Waals surface area (Å²) in [6.07, 6.45) is 1.57. The summed E-state index contributed by atoms with van der Waals surface area (Å²) >= 11 is 6.19. The van der Waals surface area contributed by atoms with Crippen molar-refractivity contribution in [3.8, 4) is 5.69 Å². The molecule has 150 valence electrons. The number of halogens is 1. The van der Waals surface area contributed by atoms with Gasteiger partial charge in [0.1, 0.15) is 0 Å². The van der Waals surface area contributed by atoms with Crippen LogP contribution in [0.15, 0.2) is 54.7 Å². The van der Waals surface area contributed by atoms with Gasteiger partial charge >= 0.3 is 0 Å². The number of aromatic nitrogens is 3. The van der Waals surface area contributed by atoms with Gasteiger partial charge in [0.05, 0.1) is 16.9 Å². The van der Waals surface area contributed by atoms with Crippen LogP contribution < -0.4 is 0 Å². The van der Waals surface area contributed by atoms with Gasteiger partial charge in [-0.1, -0.05) is 41.1 Å². The Morgan fingerprint density at radius 3 is 2.34 bits per heavy atom. The van der Waals surface area contributed by atoms with Crippen LogP contribution in [0.2, 0.25) is 5.02 Å². The van der Waals surface area contributed by atoms with Crippen molar-refractivity contribution in [1.82, 2.24) is 24.8 Å². The second-order valence-electron chi connectivity index (χ2n) is 6.72. The van der Waals surface area contributed by atoms with E-state index in [-0.39, 0.29) is 17.5 Å². The molecule has 0 saturated carbocycles. The van der Waals surface area contributed by atoms with Gasteiger partial charge in [0.25, 0.3) is 11.8 Å². The maximum Gasteiger partial charge on any atom is 0.276 e. The lowest BCUT2D eigenvalue weighted by molar-refractivity contribution is 0.0745. The van der Waals surface area contributed by atoms with Crippen LogP contribution in [0.5, 0.6) is 0 Å². The van der Waals surface area contributed by atoms with Gasteiger partial charge in [0.15, 0.2) is 5.69 Å². The first-order chi connectivity index (χ1) is 13.9. The van der Waals surface area contributed by atoms with E-state index in [0.29, 0.717) is 29.4 Å². The number of amides is 2. The van der Waals surface area contributed by atoms with Crippen LogP contribution >= 0.6 is 11.6 Å². The zero-order valence-electron chi connectivity index (χ0n) is 16.5. The molecule has 0 spiro atoms. The van der Waals surface area contributed by atoms with Crippen LogP contribution in [0.25, 0.3) is 5.69 Å². The Balaban J connectivity index is 1.74. The maximum atomic E-state index is 12.9. The van der Waals surface area contributed by atoms with E-state index in [1.165, 1.54) is 9.58 Å². The molecule has 1 heterocycles. The molecule has 0 aliphatic heterocycles. The third kappa shape index (κ3) is 4.63. The van der Waals surface area contributed by atoms with Gasteiger partial charge in [0, 0.05) is 32.7 Å². The normalized spacial score (nSPS) is 10.6. The Hall–Kier alpha value is -3.19.